The molecule has 0 radical (unpaired) electrons. The van der Waals surface area contributed by atoms with Crippen molar-refractivity contribution in [3.63, 3.8) is 0 Å². The maximum absolute atomic E-state index is 13.5. The van der Waals surface area contributed by atoms with E-state index in [1.807, 2.05) is 7.05 Å². The molecule has 1 fully saturated rings. The second kappa shape index (κ2) is 10.2. The van der Waals surface area contributed by atoms with Crippen LogP contribution in [-0.2, 0) is 42.9 Å². The van der Waals surface area contributed by atoms with E-state index in [0.29, 0.717) is 18.5 Å². The number of piperidine rings is 1. The molecule has 2 aromatic rings. The zero-order chi connectivity index (χ0) is 23.2. The second-order valence-corrected chi connectivity index (χ2v) is 11.0. The number of fused-ring (bicyclic) bond motifs is 2. The summed E-state index contributed by atoms with van der Waals surface area (Å²) in [6, 6.07) is 1.35. The number of hydrogen-bond acceptors (Lipinski definition) is 5. The van der Waals surface area contributed by atoms with Crippen molar-refractivity contribution in [2.24, 2.45) is 7.05 Å². The Balaban J connectivity index is 0.00000274. The molecule has 1 aliphatic heterocycles. The van der Waals surface area contributed by atoms with Crippen molar-refractivity contribution in [1.29, 1.82) is 0 Å². The first-order valence-corrected chi connectivity index (χ1v) is 13.2. The van der Waals surface area contributed by atoms with Crippen molar-refractivity contribution in [2.45, 2.75) is 57.4 Å². The molecule has 2 amide bonds. The number of carbonyl (C=O) groups excluding carboxylic acids is 1. The van der Waals surface area contributed by atoms with E-state index >= 15 is 0 Å². The molecule has 0 saturated carbocycles. The Bertz CT molecular complexity index is 1140. The molecular weight excluding hydrogens is 463 g/mol. The van der Waals surface area contributed by atoms with E-state index < -0.39 is 16.2 Å². The van der Waals surface area contributed by atoms with Gasteiger partial charge in [0.1, 0.15) is 0 Å². The van der Waals surface area contributed by atoms with E-state index in [9.17, 15) is 13.2 Å². The molecule has 0 atom stereocenters. The fourth-order valence-corrected chi connectivity index (χ4v) is 6.93. The summed E-state index contributed by atoms with van der Waals surface area (Å²) in [6.07, 6.45) is 10.6. The third kappa shape index (κ3) is 5.02. The van der Waals surface area contributed by atoms with Gasteiger partial charge in [-0.25, -0.2) is 13.8 Å². The topological polar surface area (TPSA) is 99.6 Å². The van der Waals surface area contributed by atoms with Gasteiger partial charge in [0.2, 0.25) is 0 Å². The minimum atomic E-state index is -4.13. The van der Waals surface area contributed by atoms with Crippen LogP contribution in [0.25, 0.3) is 0 Å². The summed E-state index contributed by atoms with van der Waals surface area (Å²) in [5.41, 5.74) is 6.21. The summed E-state index contributed by atoms with van der Waals surface area (Å²) in [5.74, 6) is 0. The molecule has 0 unspecified atom stereocenters. The van der Waals surface area contributed by atoms with Gasteiger partial charge in [-0.3, -0.25) is 4.68 Å². The number of carbonyl (C=O) groups is 1. The average Bonchev–Trinajstić information content (AvgIpc) is 3.50. The van der Waals surface area contributed by atoms with Gasteiger partial charge in [-0.1, -0.05) is 6.07 Å². The summed E-state index contributed by atoms with van der Waals surface area (Å²) in [7, 11) is -0.348. The van der Waals surface area contributed by atoms with Gasteiger partial charge < -0.3 is 10.2 Å². The molecule has 11 heteroatoms. The van der Waals surface area contributed by atoms with Crippen LogP contribution in [0.4, 0.5) is 16.2 Å². The number of urea groups is 1. The van der Waals surface area contributed by atoms with Crippen LogP contribution in [0.1, 0.15) is 47.9 Å². The summed E-state index contributed by atoms with van der Waals surface area (Å²) in [4.78, 5) is 15.2. The molecule has 9 nitrogen and oxygen atoms in total. The number of benzene rings is 1. The Morgan fingerprint density at radius 1 is 1.06 bits per heavy atom. The van der Waals surface area contributed by atoms with Crippen LogP contribution in [0.3, 0.4) is 0 Å². The van der Waals surface area contributed by atoms with Crippen LogP contribution < -0.4 is 14.3 Å². The molecule has 0 bridgehead atoms. The van der Waals surface area contributed by atoms with E-state index in [1.54, 1.807) is 17.9 Å². The van der Waals surface area contributed by atoms with Crippen molar-refractivity contribution in [3.8, 4) is 0 Å². The van der Waals surface area contributed by atoms with Crippen LogP contribution >= 0.6 is 0 Å². The first kappa shape index (κ1) is 25.5. The zero-order valence-electron chi connectivity index (χ0n) is 19.3. The van der Waals surface area contributed by atoms with Gasteiger partial charge in [0.15, 0.2) is 0 Å². The molecule has 1 aromatic carbocycles. The van der Waals surface area contributed by atoms with Crippen LogP contribution in [-0.4, -0.2) is 84.9 Å². The molecule has 180 valence electrons. The van der Waals surface area contributed by atoms with E-state index in [2.05, 4.69) is 26.1 Å². The number of rotatable bonds is 5. The Kier molecular flexibility index (Phi) is 7.64. The van der Waals surface area contributed by atoms with Gasteiger partial charge in [-0.2, -0.15) is 13.5 Å². The number of hydrogen-bond donors (Lipinski definition) is 2. The first-order valence-electron chi connectivity index (χ1n) is 11.8. The van der Waals surface area contributed by atoms with E-state index in [0.717, 1.165) is 57.3 Å². The number of aromatic nitrogens is 2. The quantitative estimate of drug-likeness (QED) is 0.614. The molecular formula is C23H33N6NaO3S. The molecule has 5 rings (SSSR count). The van der Waals surface area contributed by atoms with Crippen molar-refractivity contribution >= 4 is 57.2 Å². The number of nitrogens with one attached hydrogen (secondary N) is 2. The van der Waals surface area contributed by atoms with Crippen LogP contribution in [0, 0.1) is 0 Å². The van der Waals surface area contributed by atoms with E-state index in [4.69, 9.17) is 0 Å². The summed E-state index contributed by atoms with van der Waals surface area (Å²) in [6.45, 7) is 1.59. The fourth-order valence-electron chi connectivity index (χ4n) is 5.57. The normalized spacial score (nSPS) is 18.2. The third-order valence-electron chi connectivity index (χ3n) is 7.16. The molecule has 1 aromatic heterocycles. The average molecular weight is 497 g/mol. The molecule has 2 heterocycles. The van der Waals surface area contributed by atoms with Gasteiger partial charge in [-0.15, -0.1) is 0 Å². The van der Waals surface area contributed by atoms with Crippen molar-refractivity contribution in [2.75, 3.05) is 29.8 Å². The van der Waals surface area contributed by atoms with E-state index in [-0.39, 0.29) is 35.6 Å². The predicted octanol–water partition coefficient (Wildman–Crippen LogP) is 1.72. The van der Waals surface area contributed by atoms with Crippen LogP contribution in [0.2, 0.25) is 0 Å². The van der Waals surface area contributed by atoms with Gasteiger partial charge in [0.05, 0.1) is 11.9 Å². The number of likely N-dealkylation sites (tertiary alicyclic amines) is 1. The van der Waals surface area contributed by atoms with Crippen molar-refractivity contribution < 1.29 is 13.2 Å². The monoisotopic (exact) mass is 496 g/mol. The molecule has 2 aliphatic carbocycles. The molecule has 3 aliphatic rings. The fraction of sp³-hybridized carbons (Fsp3) is 0.565. The van der Waals surface area contributed by atoms with Crippen LogP contribution in [0.15, 0.2) is 18.5 Å². The number of aryl methyl sites for hydroxylation is 3. The first-order chi connectivity index (χ1) is 15.8. The number of amides is 2. The number of nitrogens with zero attached hydrogens (tertiary/aromatic N) is 4. The van der Waals surface area contributed by atoms with Crippen LogP contribution in [0.5, 0.6) is 0 Å². The molecule has 0 spiro atoms. The summed E-state index contributed by atoms with van der Waals surface area (Å²) < 4.78 is 32.2. The SMILES string of the molecule is CN1CCC(N(c2cnn(C)c2)S(=O)(=O)NC(=O)Nc2c3c(cc4c2CCC4)CCC3)CC1.[NaH]. The Hall–Kier alpha value is -1.59. The van der Waals surface area contributed by atoms with Gasteiger partial charge in [0, 0.05) is 25.0 Å². The zero-order valence-corrected chi connectivity index (χ0v) is 20.1. The predicted molar refractivity (Wildman–Crippen MR) is 135 cm³/mol. The second-order valence-electron chi connectivity index (χ2n) is 9.50. The molecule has 1 saturated heterocycles. The Morgan fingerprint density at radius 3 is 2.24 bits per heavy atom. The van der Waals surface area contributed by atoms with Gasteiger partial charge in [-0.05, 0) is 93.8 Å². The molecule has 34 heavy (non-hydrogen) atoms. The maximum atomic E-state index is 13.5. The van der Waals surface area contributed by atoms with Crippen molar-refractivity contribution in [3.05, 3.63) is 40.7 Å². The standard InChI is InChI=1S/C23H32N6O3S.Na.H/c1-27-11-9-18(10-12-27)29(19-14-24-28(2)15-19)33(31,32)26-23(30)25-22-20-7-3-5-16(20)13-17-6-4-8-21(17)22;;/h13-15,18H,3-12H2,1-2H3,(H2,25,26,30);;. The van der Waals surface area contributed by atoms with Gasteiger partial charge in [0.25, 0.3) is 0 Å². The van der Waals surface area contributed by atoms with Crippen molar-refractivity contribution in [1.82, 2.24) is 19.4 Å². The van der Waals surface area contributed by atoms with E-state index in [1.165, 1.54) is 32.8 Å². The summed E-state index contributed by atoms with van der Waals surface area (Å²) in [5, 5.41) is 7.09. The van der Waals surface area contributed by atoms with Gasteiger partial charge >= 0.3 is 45.8 Å². The molecule has 2 N–H and O–H groups in total. The Labute approximate surface area is 223 Å². The number of anilines is 2. The minimum absolute atomic E-state index is 0. The Morgan fingerprint density at radius 2 is 1.68 bits per heavy atom. The summed E-state index contributed by atoms with van der Waals surface area (Å²) >= 11 is 0. The third-order valence-corrected chi connectivity index (χ3v) is 8.63.